The third-order valence-corrected chi connectivity index (χ3v) is 4.42. The van der Waals surface area contributed by atoms with Crippen molar-refractivity contribution >= 4 is 22.4 Å². The van der Waals surface area contributed by atoms with E-state index in [2.05, 4.69) is 35.8 Å². The predicted octanol–water partition coefficient (Wildman–Crippen LogP) is 1.84. The minimum Gasteiger partial charge on any atom is -0.461 e. The lowest BCUT2D eigenvalue weighted by Gasteiger charge is -2.09. The average molecular weight is 374 g/mol. The van der Waals surface area contributed by atoms with Crippen LogP contribution in [0.25, 0.3) is 11.6 Å². The Morgan fingerprint density at radius 2 is 2.23 bits per heavy atom. The summed E-state index contributed by atoms with van der Waals surface area (Å²) >= 11 is 1.61. The van der Waals surface area contributed by atoms with Crippen molar-refractivity contribution in [2.75, 3.05) is 25.5 Å². The van der Waals surface area contributed by atoms with E-state index in [1.807, 2.05) is 37.4 Å². The van der Waals surface area contributed by atoms with Crippen molar-refractivity contribution in [3.05, 3.63) is 35.3 Å². The van der Waals surface area contributed by atoms with Gasteiger partial charge in [-0.25, -0.2) is 15.0 Å². The number of hydrogen-bond donors (Lipinski definition) is 3. The maximum absolute atomic E-state index is 5.29. The van der Waals surface area contributed by atoms with Crippen molar-refractivity contribution in [3.63, 3.8) is 0 Å². The van der Waals surface area contributed by atoms with Crippen LogP contribution in [0.2, 0.25) is 0 Å². The van der Waals surface area contributed by atoms with Crippen LogP contribution < -0.4 is 15.5 Å². The molecule has 0 amide bonds. The van der Waals surface area contributed by atoms with Crippen molar-refractivity contribution in [2.45, 2.75) is 20.0 Å². The smallest absolute Gasteiger partial charge is 0.216 e. The second-order valence-electron chi connectivity index (χ2n) is 5.65. The van der Waals surface area contributed by atoms with Crippen LogP contribution in [-0.2, 0) is 13.1 Å². The largest absolute Gasteiger partial charge is 0.461 e. The molecule has 3 aromatic rings. The lowest BCUT2D eigenvalue weighted by Crippen LogP contribution is -2.37. The molecule has 10 heteroatoms. The molecule has 0 bridgehead atoms. The molecule has 0 fully saturated rings. The molecule has 3 aromatic heterocycles. The van der Waals surface area contributed by atoms with Crippen molar-refractivity contribution in [1.82, 2.24) is 30.8 Å². The zero-order chi connectivity index (χ0) is 18.4. The van der Waals surface area contributed by atoms with Gasteiger partial charge in [0.15, 0.2) is 16.9 Å². The second kappa shape index (κ2) is 8.48. The molecular formula is C16H22N8OS. The third kappa shape index (κ3) is 4.60. The van der Waals surface area contributed by atoms with Gasteiger partial charge in [0.1, 0.15) is 5.82 Å². The number of rotatable bonds is 7. The van der Waals surface area contributed by atoms with Gasteiger partial charge in [-0.1, -0.05) is 0 Å². The number of nitrogens with zero attached hydrogens (tertiary/aromatic N) is 5. The molecule has 3 heterocycles. The summed E-state index contributed by atoms with van der Waals surface area (Å²) in [6, 6.07) is 3.63. The highest BCUT2D eigenvalue weighted by Crippen LogP contribution is 2.18. The fourth-order valence-corrected chi connectivity index (χ4v) is 2.88. The first-order valence-electron chi connectivity index (χ1n) is 8.24. The molecule has 3 rings (SSSR count). The van der Waals surface area contributed by atoms with Crippen molar-refractivity contribution in [3.8, 4) is 11.6 Å². The lowest BCUT2D eigenvalue weighted by atomic mass is 10.4. The topological polar surface area (TPSA) is 107 Å². The predicted molar refractivity (Wildman–Crippen MR) is 102 cm³/mol. The molecule has 0 spiro atoms. The Morgan fingerprint density at radius 1 is 1.35 bits per heavy atom. The Morgan fingerprint density at radius 3 is 2.92 bits per heavy atom. The number of aromatic amines is 1. The van der Waals surface area contributed by atoms with Gasteiger partial charge in [-0.15, -0.1) is 16.4 Å². The number of aromatic nitrogens is 4. The van der Waals surface area contributed by atoms with Gasteiger partial charge >= 0.3 is 0 Å². The van der Waals surface area contributed by atoms with Gasteiger partial charge in [0.25, 0.3) is 0 Å². The van der Waals surface area contributed by atoms with E-state index in [1.54, 1.807) is 23.7 Å². The van der Waals surface area contributed by atoms with E-state index in [-0.39, 0.29) is 0 Å². The monoisotopic (exact) mass is 374 g/mol. The number of furan rings is 1. The molecular weight excluding hydrogens is 352 g/mol. The average Bonchev–Trinajstić information content (AvgIpc) is 3.38. The number of anilines is 1. The number of aliphatic imine (C=N–C) groups is 1. The molecule has 26 heavy (non-hydrogen) atoms. The Balaban J connectivity index is 1.59. The van der Waals surface area contributed by atoms with Crippen molar-refractivity contribution in [1.29, 1.82) is 0 Å². The van der Waals surface area contributed by atoms with E-state index in [0.717, 1.165) is 17.4 Å². The molecule has 0 aliphatic heterocycles. The van der Waals surface area contributed by atoms with Crippen LogP contribution in [0.4, 0.5) is 5.13 Å². The maximum Gasteiger partial charge on any atom is 0.216 e. The van der Waals surface area contributed by atoms with Crippen LogP contribution in [0.15, 0.2) is 33.2 Å². The van der Waals surface area contributed by atoms with Crippen molar-refractivity contribution < 1.29 is 4.42 Å². The van der Waals surface area contributed by atoms with E-state index >= 15 is 0 Å². The summed E-state index contributed by atoms with van der Waals surface area (Å²) in [6.45, 7) is 3.76. The standard InChI is InChI=1S/C16H22N8OS/c1-4-17-15(18-8-11-10-26-16(20-11)24(2)3)19-9-13-21-14(23-22-13)12-6-5-7-25-12/h5-7,10H,4,8-9H2,1-3H3,(H2,17,18,19)(H,21,22,23). The highest BCUT2D eigenvalue weighted by molar-refractivity contribution is 7.13. The summed E-state index contributed by atoms with van der Waals surface area (Å²) in [6.07, 6.45) is 1.60. The van der Waals surface area contributed by atoms with Gasteiger partial charge in [-0.2, -0.15) is 0 Å². The Bertz CT molecular complexity index is 836. The summed E-state index contributed by atoms with van der Waals surface area (Å²) < 4.78 is 5.29. The van der Waals surface area contributed by atoms with Crippen LogP contribution in [0.3, 0.4) is 0 Å². The van der Waals surface area contributed by atoms with E-state index in [9.17, 15) is 0 Å². The number of nitrogens with one attached hydrogen (secondary N) is 3. The first-order chi connectivity index (χ1) is 12.7. The lowest BCUT2D eigenvalue weighted by molar-refractivity contribution is 0.577. The minimum atomic E-state index is 0.472. The molecule has 0 aliphatic rings. The van der Waals surface area contributed by atoms with Gasteiger partial charge in [-0.3, -0.25) is 5.10 Å². The summed E-state index contributed by atoms with van der Waals surface area (Å²) in [5, 5.41) is 16.5. The summed E-state index contributed by atoms with van der Waals surface area (Å²) in [7, 11) is 3.96. The minimum absolute atomic E-state index is 0.472. The van der Waals surface area contributed by atoms with E-state index in [1.165, 1.54) is 0 Å². The Labute approximate surface area is 155 Å². The molecule has 0 atom stereocenters. The summed E-state index contributed by atoms with van der Waals surface area (Å²) in [5.41, 5.74) is 0.940. The molecule has 0 saturated carbocycles. The van der Waals surface area contributed by atoms with Crippen LogP contribution >= 0.6 is 11.3 Å². The molecule has 3 N–H and O–H groups in total. The van der Waals surface area contributed by atoms with E-state index < -0.39 is 0 Å². The fraction of sp³-hybridized carbons (Fsp3) is 0.375. The van der Waals surface area contributed by atoms with E-state index in [4.69, 9.17) is 4.42 Å². The van der Waals surface area contributed by atoms with Crippen molar-refractivity contribution in [2.24, 2.45) is 4.99 Å². The molecule has 0 saturated heterocycles. The number of guanidine groups is 1. The zero-order valence-electron chi connectivity index (χ0n) is 15.0. The third-order valence-electron chi connectivity index (χ3n) is 3.36. The van der Waals surface area contributed by atoms with Gasteiger partial charge in [-0.05, 0) is 19.1 Å². The van der Waals surface area contributed by atoms with Crippen LogP contribution in [-0.4, -0.2) is 46.8 Å². The van der Waals surface area contributed by atoms with Crippen LogP contribution in [0.5, 0.6) is 0 Å². The van der Waals surface area contributed by atoms with Crippen LogP contribution in [0.1, 0.15) is 18.4 Å². The van der Waals surface area contributed by atoms with Gasteiger partial charge in [0.05, 0.1) is 25.0 Å². The molecule has 0 aromatic carbocycles. The second-order valence-corrected chi connectivity index (χ2v) is 6.48. The molecule has 0 unspecified atom stereocenters. The molecule has 138 valence electrons. The highest BCUT2D eigenvalue weighted by atomic mass is 32.1. The van der Waals surface area contributed by atoms with E-state index in [0.29, 0.717) is 36.5 Å². The first kappa shape index (κ1) is 17.9. The van der Waals surface area contributed by atoms with Gasteiger partial charge in [0, 0.05) is 26.0 Å². The van der Waals surface area contributed by atoms with Gasteiger partial charge < -0.3 is 20.0 Å². The molecule has 0 aliphatic carbocycles. The Hall–Kier alpha value is -2.88. The van der Waals surface area contributed by atoms with Crippen LogP contribution in [0, 0.1) is 0 Å². The SMILES string of the molecule is CCNC(=NCc1csc(N(C)C)n1)NCc1nc(-c2ccco2)n[nH]1. The number of thiazole rings is 1. The fourth-order valence-electron chi connectivity index (χ4n) is 2.13. The Kier molecular flexibility index (Phi) is 5.84. The first-order valence-corrected chi connectivity index (χ1v) is 9.12. The van der Waals surface area contributed by atoms with Gasteiger partial charge in [0.2, 0.25) is 5.82 Å². The normalized spacial score (nSPS) is 11.6. The summed E-state index contributed by atoms with van der Waals surface area (Å²) in [4.78, 5) is 15.5. The molecule has 0 radical (unpaired) electrons. The zero-order valence-corrected chi connectivity index (χ0v) is 15.8. The highest BCUT2D eigenvalue weighted by Gasteiger charge is 2.09. The quantitative estimate of drug-likeness (QED) is 0.428. The number of hydrogen-bond acceptors (Lipinski definition) is 7. The summed E-state index contributed by atoms with van der Waals surface area (Å²) in [5.74, 6) is 2.56. The number of H-pyrrole nitrogens is 1. The molecule has 9 nitrogen and oxygen atoms in total. The maximum atomic E-state index is 5.29.